The molecule has 1 heterocycles. The first kappa shape index (κ1) is 17.5. The van der Waals surface area contributed by atoms with Crippen LogP contribution in [0.1, 0.15) is 36.9 Å². The van der Waals surface area contributed by atoms with Crippen molar-refractivity contribution in [1.82, 2.24) is 10.2 Å². The van der Waals surface area contributed by atoms with Gasteiger partial charge in [-0.25, -0.2) is 0 Å². The number of nitrogens with one attached hydrogen (secondary N) is 1. The van der Waals surface area contributed by atoms with E-state index in [0.717, 1.165) is 37.2 Å². The third kappa shape index (κ3) is 4.83. The quantitative estimate of drug-likeness (QED) is 0.839. The van der Waals surface area contributed by atoms with Crippen molar-refractivity contribution in [3.05, 3.63) is 65.7 Å². The van der Waals surface area contributed by atoms with Crippen LogP contribution in [-0.2, 0) is 11.3 Å². The van der Waals surface area contributed by atoms with Crippen LogP contribution in [0.15, 0.2) is 54.6 Å². The fourth-order valence-corrected chi connectivity index (χ4v) is 3.31. The molecule has 1 aliphatic rings. The summed E-state index contributed by atoms with van der Waals surface area (Å²) in [5.74, 6) is 0.958. The lowest BCUT2D eigenvalue weighted by atomic mass is 10.0. The Kier molecular flexibility index (Phi) is 6.07. The summed E-state index contributed by atoms with van der Waals surface area (Å²) in [4.78, 5) is 14.8. The van der Waals surface area contributed by atoms with Crippen LogP contribution in [0.4, 0.5) is 0 Å². The number of nitrogens with zero attached hydrogens (tertiary/aromatic N) is 1. The molecule has 0 bridgehead atoms. The molecule has 0 fully saturated rings. The highest BCUT2D eigenvalue weighted by Crippen LogP contribution is 2.31. The average molecular weight is 338 g/mol. The van der Waals surface area contributed by atoms with Gasteiger partial charge in [-0.3, -0.25) is 9.69 Å². The van der Waals surface area contributed by atoms with Crippen LogP contribution in [0.25, 0.3) is 0 Å². The highest BCUT2D eigenvalue weighted by atomic mass is 16.5. The van der Waals surface area contributed by atoms with Gasteiger partial charge in [0.2, 0.25) is 5.91 Å². The number of hydrogen-bond acceptors (Lipinski definition) is 3. The maximum atomic E-state index is 12.6. The number of para-hydroxylation sites is 1. The molecule has 0 spiro atoms. The fraction of sp³-hybridized carbons (Fsp3) is 0.381. The summed E-state index contributed by atoms with van der Waals surface area (Å²) in [6, 6.07) is 18.3. The molecule has 1 aliphatic heterocycles. The van der Waals surface area contributed by atoms with Crippen molar-refractivity contribution in [3.8, 4) is 5.75 Å². The number of ether oxygens (including phenoxy) is 1. The molecule has 4 nitrogen and oxygen atoms in total. The number of hydrogen-bond donors (Lipinski definition) is 1. The van der Waals surface area contributed by atoms with Gasteiger partial charge in [0.15, 0.2) is 0 Å². The first-order valence-corrected chi connectivity index (χ1v) is 9.03. The van der Waals surface area contributed by atoms with E-state index in [4.69, 9.17) is 4.74 Å². The Morgan fingerprint density at radius 1 is 1.16 bits per heavy atom. The molecule has 132 valence electrons. The summed E-state index contributed by atoms with van der Waals surface area (Å²) in [5.41, 5.74) is 2.31. The van der Waals surface area contributed by atoms with Gasteiger partial charge < -0.3 is 10.1 Å². The summed E-state index contributed by atoms with van der Waals surface area (Å²) in [6.07, 6.45) is 1.84. The van der Waals surface area contributed by atoms with E-state index in [2.05, 4.69) is 29.3 Å². The minimum atomic E-state index is 0.0395. The first-order chi connectivity index (χ1) is 12.3. The predicted octanol–water partition coefficient (Wildman–Crippen LogP) is 3.54. The first-order valence-electron chi connectivity index (χ1n) is 9.03. The number of carbonyl (C=O) groups is 1. The molecule has 3 rings (SSSR count). The summed E-state index contributed by atoms with van der Waals surface area (Å²) >= 11 is 0. The molecule has 2 aromatic rings. The van der Waals surface area contributed by atoms with E-state index in [1.165, 1.54) is 5.56 Å². The number of amides is 1. The van der Waals surface area contributed by atoms with Gasteiger partial charge in [-0.05, 0) is 24.6 Å². The molecule has 1 unspecified atom stereocenters. The lowest BCUT2D eigenvalue weighted by Gasteiger charge is -2.28. The minimum absolute atomic E-state index is 0.0395. The fourth-order valence-electron chi connectivity index (χ4n) is 3.31. The SMILES string of the molecule is CCCN(CC(=O)NC1CCOc2ccccc21)Cc1ccccc1. The highest BCUT2D eigenvalue weighted by molar-refractivity contribution is 5.78. The molecule has 1 amide bonds. The Hall–Kier alpha value is -2.33. The van der Waals surface area contributed by atoms with Crippen LogP contribution >= 0.6 is 0 Å². The Labute approximate surface area is 149 Å². The summed E-state index contributed by atoms with van der Waals surface area (Å²) in [6.45, 7) is 4.91. The number of rotatable bonds is 7. The zero-order valence-electron chi connectivity index (χ0n) is 14.8. The van der Waals surface area contributed by atoms with Gasteiger partial charge in [0.05, 0.1) is 19.2 Å². The second-order valence-corrected chi connectivity index (χ2v) is 6.49. The zero-order chi connectivity index (χ0) is 17.5. The largest absolute Gasteiger partial charge is 0.493 e. The molecule has 0 radical (unpaired) electrons. The molecule has 0 aliphatic carbocycles. The smallest absolute Gasteiger partial charge is 0.234 e. The molecule has 1 atom stereocenters. The van der Waals surface area contributed by atoms with E-state index in [9.17, 15) is 4.79 Å². The van der Waals surface area contributed by atoms with Gasteiger partial charge in [0.25, 0.3) is 0 Å². The van der Waals surface area contributed by atoms with Crippen LogP contribution in [0, 0.1) is 0 Å². The van der Waals surface area contributed by atoms with Gasteiger partial charge in [-0.2, -0.15) is 0 Å². The van der Waals surface area contributed by atoms with Crippen molar-refractivity contribution in [2.45, 2.75) is 32.4 Å². The molecule has 0 saturated carbocycles. The van der Waals surface area contributed by atoms with Crippen LogP contribution in [-0.4, -0.2) is 30.5 Å². The lowest BCUT2D eigenvalue weighted by Crippen LogP contribution is -2.40. The molecule has 2 aromatic carbocycles. The van der Waals surface area contributed by atoms with Crippen molar-refractivity contribution in [2.24, 2.45) is 0 Å². The highest BCUT2D eigenvalue weighted by Gasteiger charge is 2.23. The monoisotopic (exact) mass is 338 g/mol. The molecule has 0 aromatic heterocycles. The number of carbonyl (C=O) groups excluding carboxylic acids is 1. The Morgan fingerprint density at radius 3 is 2.72 bits per heavy atom. The van der Waals surface area contributed by atoms with Gasteiger partial charge in [-0.15, -0.1) is 0 Å². The van der Waals surface area contributed by atoms with Crippen LogP contribution in [0.3, 0.4) is 0 Å². The normalized spacial score (nSPS) is 16.2. The Balaban J connectivity index is 1.60. The van der Waals surface area contributed by atoms with E-state index in [-0.39, 0.29) is 11.9 Å². The van der Waals surface area contributed by atoms with Crippen LogP contribution in [0.2, 0.25) is 0 Å². The molecular weight excluding hydrogens is 312 g/mol. The lowest BCUT2D eigenvalue weighted by molar-refractivity contribution is -0.123. The van der Waals surface area contributed by atoms with Gasteiger partial charge in [0.1, 0.15) is 5.75 Å². The number of benzene rings is 2. The standard InChI is InChI=1S/C21H26N2O2/c1-2-13-23(15-17-8-4-3-5-9-17)16-21(24)22-19-12-14-25-20-11-7-6-10-18(19)20/h3-11,19H,2,12-16H2,1H3,(H,22,24). The number of fused-ring (bicyclic) bond motifs is 1. The Bertz CT molecular complexity index is 687. The van der Waals surface area contributed by atoms with Crippen LogP contribution in [0.5, 0.6) is 5.75 Å². The maximum Gasteiger partial charge on any atom is 0.234 e. The molecule has 1 N–H and O–H groups in total. The molecule has 4 heteroatoms. The summed E-state index contributed by atoms with van der Waals surface area (Å²) < 4.78 is 5.67. The third-order valence-electron chi connectivity index (χ3n) is 4.45. The second-order valence-electron chi connectivity index (χ2n) is 6.49. The van der Waals surface area contributed by atoms with Gasteiger partial charge in [0, 0.05) is 18.5 Å². The topological polar surface area (TPSA) is 41.6 Å². The maximum absolute atomic E-state index is 12.6. The minimum Gasteiger partial charge on any atom is -0.493 e. The van der Waals surface area contributed by atoms with E-state index in [1.54, 1.807) is 0 Å². The predicted molar refractivity (Wildman–Crippen MR) is 99.4 cm³/mol. The van der Waals surface area contributed by atoms with Gasteiger partial charge >= 0.3 is 0 Å². The molecule has 25 heavy (non-hydrogen) atoms. The third-order valence-corrected chi connectivity index (χ3v) is 4.45. The van der Waals surface area contributed by atoms with Crippen molar-refractivity contribution in [2.75, 3.05) is 19.7 Å². The van der Waals surface area contributed by atoms with E-state index < -0.39 is 0 Å². The van der Waals surface area contributed by atoms with E-state index in [0.29, 0.717) is 13.2 Å². The van der Waals surface area contributed by atoms with Gasteiger partial charge in [-0.1, -0.05) is 55.5 Å². The van der Waals surface area contributed by atoms with E-state index in [1.807, 2.05) is 42.5 Å². The Morgan fingerprint density at radius 2 is 1.92 bits per heavy atom. The second kappa shape index (κ2) is 8.67. The average Bonchev–Trinajstić information content (AvgIpc) is 2.63. The van der Waals surface area contributed by atoms with E-state index >= 15 is 0 Å². The molecular formula is C21H26N2O2. The summed E-state index contributed by atoms with van der Waals surface area (Å²) in [5, 5.41) is 3.19. The zero-order valence-corrected chi connectivity index (χ0v) is 14.8. The molecule has 0 saturated heterocycles. The van der Waals surface area contributed by atoms with Crippen molar-refractivity contribution in [3.63, 3.8) is 0 Å². The summed E-state index contributed by atoms with van der Waals surface area (Å²) in [7, 11) is 0. The van der Waals surface area contributed by atoms with Crippen molar-refractivity contribution in [1.29, 1.82) is 0 Å². The van der Waals surface area contributed by atoms with Crippen LogP contribution < -0.4 is 10.1 Å². The van der Waals surface area contributed by atoms with Crippen molar-refractivity contribution >= 4 is 5.91 Å². The van der Waals surface area contributed by atoms with Crippen molar-refractivity contribution < 1.29 is 9.53 Å².